The summed E-state index contributed by atoms with van der Waals surface area (Å²) in [4.78, 5) is 12.2. The van der Waals surface area contributed by atoms with Gasteiger partial charge >= 0.3 is 5.97 Å². The first kappa shape index (κ1) is 25.7. The number of halogens is 2. The number of allylic oxidation sites excluding steroid dienone is 3. The summed E-state index contributed by atoms with van der Waals surface area (Å²) < 4.78 is 5.07. The van der Waals surface area contributed by atoms with E-state index in [0.29, 0.717) is 29.5 Å². The Morgan fingerprint density at radius 3 is 2.57 bits per heavy atom. The van der Waals surface area contributed by atoms with Gasteiger partial charge in [-0.05, 0) is 60.0 Å². The van der Waals surface area contributed by atoms with Crippen LogP contribution in [0.4, 0.5) is 0 Å². The molecular formula is C24H39Cl2NO3. The van der Waals surface area contributed by atoms with Crippen molar-refractivity contribution in [3.05, 3.63) is 23.3 Å². The maximum Gasteiger partial charge on any atom is 0.308 e. The molecule has 0 aromatic rings. The van der Waals surface area contributed by atoms with Crippen LogP contribution in [0.5, 0.6) is 0 Å². The molecule has 0 bridgehead atoms. The number of ether oxygens (including phenoxy) is 1. The number of hydrogen-bond donors (Lipinski definition) is 2. The lowest BCUT2D eigenvalue weighted by Crippen LogP contribution is -2.49. The third kappa shape index (κ3) is 5.82. The zero-order valence-corrected chi connectivity index (χ0v) is 20.4. The fourth-order valence-corrected chi connectivity index (χ4v) is 5.92. The van der Waals surface area contributed by atoms with Crippen LogP contribution in [0.25, 0.3) is 0 Å². The molecule has 0 radical (unpaired) electrons. The van der Waals surface area contributed by atoms with E-state index in [1.54, 1.807) is 0 Å². The summed E-state index contributed by atoms with van der Waals surface area (Å²) in [6.07, 6.45) is 9.15. The van der Waals surface area contributed by atoms with Crippen molar-refractivity contribution < 1.29 is 14.6 Å². The molecule has 0 saturated heterocycles. The summed E-state index contributed by atoms with van der Waals surface area (Å²) in [5, 5.41) is 13.6. The van der Waals surface area contributed by atoms with Gasteiger partial charge in [0.15, 0.2) is 0 Å². The minimum atomic E-state index is -0.341. The number of hydrogen-bond acceptors (Lipinski definition) is 4. The van der Waals surface area contributed by atoms with Gasteiger partial charge < -0.3 is 15.2 Å². The number of nitrogens with one attached hydrogen (secondary N) is 1. The largest absolute Gasteiger partial charge is 0.469 e. The van der Waals surface area contributed by atoms with Gasteiger partial charge in [-0.3, -0.25) is 4.79 Å². The van der Waals surface area contributed by atoms with E-state index in [1.165, 1.54) is 12.7 Å². The predicted octanol–water partition coefficient (Wildman–Crippen LogP) is 4.93. The van der Waals surface area contributed by atoms with Gasteiger partial charge in [-0.15, -0.1) is 23.2 Å². The lowest BCUT2D eigenvalue weighted by Gasteiger charge is -2.54. The molecule has 6 heteroatoms. The van der Waals surface area contributed by atoms with Crippen molar-refractivity contribution in [3.63, 3.8) is 0 Å². The molecule has 3 aliphatic carbocycles. The van der Waals surface area contributed by atoms with Crippen molar-refractivity contribution >= 4 is 29.2 Å². The van der Waals surface area contributed by atoms with Crippen LogP contribution in [-0.4, -0.2) is 49.1 Å². The second-order valence-electron chi connectivity index (χ2n) is 9.31. The number of fused-ring (bicyclic) bond motifs is 3. The minimum absolute atomic E-state index is 0.0177. The van der Waals surface area contributed by atoms with Gasteiger partial charge in [0, 0.05) is 24.8 Å². The monoisotopic (exact) mass is 459 g/mol. The van der Waals surface area contributed by atoms with Crippen molar-refractivity contribution in [2.24, 2.45) is 29.1 Å². The molecule has 0 heterocycles. The summed E-state index contributed by atoms with van der Waals surface area (Å²) in [5.74, 6) is 2.39. The molecule has 0 aromatic carbocycles. The third-order valence-corrected chi connectivity index (χ3v) is 7.64. The first-order valence-corrected chi connectivity index (χ1v) is 12.4. The van der Waals surface area contributed by atoms with Crippen molar-refractivity contribution in [2.75, 3.05) is 32.0 Å². The van der Waals surface area contributed by atoms with Crippen LogP contribution in [0.3, 0.4) is 0 Å². The molecule has 0 aliphatic heterocycles. The van der Waals surface area contributed by atoms with Crippen LogP contribution in [0.1, 0.15) is 52.9 Å². The SMILES string of the molecule is COC(=O)C1CCCC2(C)C3CC(O)C(C(C)C)=CC3=CCC12.ClCCNCCCl. The Morgan fingerprint density at radius 1 is 1.33 bits per heavy atom. The number of rotatable bonds is 6. The van der Waals surface area contributed by atoms with Crippen LogP contribution in [-0.2, 0) is 9.53 Å². The Hall–Kier alpha value is -0.550. The van der Waals surface area contributed by atoms with Crippen molar-refractivity contribution in [3.8, 4) is 0 Å². The maximum absolute atomic E-state index is 12.2. The zero-order chi connectivity index (χ0) is 22.3. The number of esters is 1. The Balaban J connectivity index is 0.000000396. The summed E-state index contributed by atoms with van der Waals surface area (Å²) in [6, 6.07) is 0. The maximum atomic E-state index is 12.2. The predicted molar refractivity (Wildman–Crippen MR) is 125 cm³/mol. The molecule has 5 unspecified atom stereocenters. The summed E-state index contributed by atoms with van der Waals surface area (Å²) in [6.45, 7) is 8.35. The van der Waals surface area contributed by atoms with E-state index in [0.717, 1.165) is 50.8 Å². The fraction of sp³-hybridized carbons (Fsp3) is 0.792. The average Bonchev–Trinajstić information content (AvgIpc) is 2.73. The van der Waals surface area contributed by atoms with Gasteiger partial charge in [0.2, 0.25) is 0 Å². The van der Waals surface area contributed by atoms with Crippen LogP contribution in [0, 0.1) is 29.1 Å². The highest BCUT2D eigenvalue weighted by Crippen LogP contribution is 2.58. The summed E-state index contributed by atoms with van der Waals surface area (Å²) in [5.41, 5.74) is 2.65. The van der Waals surface area contributed by atoms with Crippen LogP contribution in [0.15, 0.2) is 23.3 Å². The first-order valence-electron chi connectivity index (χ1n) is 11.3. The second-order valence-corrected chi connectivity index (χ2v) is 10.1. The quantitative estimate of drug-likeness (QED) is 0.335. The number of carbonyl (C=O) groups is 1. The van der Waals surface area contributed by atoms with Crippen LogP contribution < -0.4 is 5.32 Å². The smallest absolute Gasteiger partial charge is 0.308 e. The number of aliphatic hydroxyl groups excluding tert-OH is 1. The Kier molecular flexibility index (Phi) is 10.2. The number of alkyl halides is 2. The highest BCUT2D eigenvalue weighted by molar-refractivity contribution is 6.18. The number of carbonyl (C=O) groups excluding carboxylic acids is 1. The van der Waals surface area contributed by atoms with Gasteiger partial charge in [-0.1, -0.05) is 39.3 Å². The van der Waals surface area contributed by atoms with Gasteiger partial charge in [-0.25, -0.2) is 0 Å². The average molecular weight is 460 g/mol. The molecular weight excluding hydrogens is 421 g/mol. The fourth-order valence-electron chi connectivity index (χ4n) is 5.66. The van der Waals surface area contributed by atoms with E-state index >= 15 is 0 Å². The van der Waals surface area contributed by atoms with Gasteiger partial charge in [0.1, 0.15) is 0 Å². The molecule has 5 atom stereocenters. The number of aliphatic hydroxyl groups is 1. The molecule has 3 aliphatic rings. The molecule has 0 spiro atoms. The second kappa shape index (κ2) is 11.9. The normalized spacial score (nSPS) is 32.8. The lowest BCUT2D eigenvalue weighted by molar-refractivity contribution is -0.153. The summed E-state index contributed by atoms with van der Waals surface area (Å²) >= 11 is 10.7. The van der Waals surface area contributed by atoms with E-state index in [2.05, 4.69) is 38.2 Å². The zero-order valence-electron chi connectivity index (χ0n) is 18.9. The molecule has 3 rings (SSSR count). The standard InChI is InChI=1S/C20H30O3.C4H9Cl2N/c1-12(2)15-10-13-7-8-16-14(19(22)23-4)6-5-9-20(16,3)17(13)11-18(15)21;5-1-3-7-4-2-6/h7,10,12,14,16-18,21H,5-6,8-9,11H2,1-4H3;7H,1-4H2. The Labute approximate surface area is 192 Å². The molecule has 2 N–H and O–H groups in total. The lowest BCUT2D eigenvalue weighted by atomic mass is 9.50. The highest BCUT2D eigenvalue weighted by atomic mass is 35.5. The molecule has 1 fully saturated rings. The van der Waals surface area contributed by atoms with Gasteiger partial charge in [0.25, 0.3) is 0 Å². The van der Waals surface area contributed by atoms with E-state index in [-0.39, 0.29) is 23.4 Å². The van der Waals surface area contributed by atoms with Crippen molar-refractivity contribution in [2.45, 2.75) is 59.0 Å². The molecule has 172 valence electrons. The van der Waals surface area contributed by atoms with Crippen LogP contribution >= 0.6 is 23.2 Å². The van der Waals surface area contributed by atoms with Crippen LogP contribution in [0.2, 0.25) is 0 Å². The van der Waals surface area contributed by atoms with E-state index in [4.69, 9.17) is 27.9 Å². The summed E-state index contributed by atoms with van der Waals surface area (Å²) in [7, 11) is 1.50. The van der Waals surface area contributed by atoms with Crippen molar-refractivity contribution in [1.82, 2.24) is 5.32 Å². The molecule has 1 saturated carbocycles. The molecule has 0 amide bonds. The van der Waals surface area contributed by atoms with Gasteiger partial charge in [0.05, 0.1) is 19.1 Å². The van der Waals surface area contributed by atoms with Crippen molar-refractivity contribution in [1.29, 1.82) is 0 Å². The Bertz CT molecular complexity index is 630. The highest BCUT2D eigenvalue weighted by Gasteiger charge is 2.52. The number of methoxy groups -OCH3 is 1. The minimum Gasteiger partial charge on any atom is -0.469 e. The molecule has 30 heavy (non-hydrogen) atoms. The third-order valence-electron chi connectivity index (χ3n) is 7.26. The van der Waals surface area contributed by atoms with E-state index in [1.807, 2.05) is 0 Å². The Morgan fingerprint density at radius 2 is 2.00 bits per heavy atom. The topological polar surface area (TPSA) is 58.6 Å². The van der Waals surface area contributed by atoms with E-state index in [9.17, 15) is 9.90 Å². The van der Waals surface area contributed by atoms with E-state index < -0.39 is 0 Å². The van der Waals surface area contributed by atoms with Gasteiger partial charge in [-0.2, -0.15) is 0 Å². The molecule has 4 nitrogen and oxygen atoms in total. The molecule has 0 aromatic heterocycles. The first-order chi connectivity index (χ1) is 14.3.